The van der Waals surface area contributed by atoms with Crippen molar-refractivity contribution in [2.75, 3.05) is 5.75 Å². The van der Waals surface area contributed by atoms with Crippen LogP contribution in [-0.4, -0.2) is 32.6 Å². The van der Waals surface area contributed by atoms with E-state index >= 15 is 0 Å². The Morgan fingerprint density at radius 3 is 3.00 bits per heavy atom. The molecule has 2 bridgehead atoms. The molecular weight excluding hydrogens is 306 g/mol. The summed E-state index contributed by atoms with van der Waals surface area (Å²) in [4.78, 5) is 23.4. The van der Waals surface area contributed by atoms with Crippen molar-refractivity contribution in [2.24, 2.45) is 0 Å². The van der Waals surface area contributed by atoms with E-state index in [1.165, 1.54) is 5.56 Å². The Hall–Kier alpha value is -1.88. The van der Waals surface area contributed by atoms with Crippen LogP contribution in [0.2, 0.25) is 0 Å². The summed E-state index contributed by atoms with van der Waals surface area (Å²) in [6, 6.07) is 10.8. The Morgan fingerprint density at radius 2 is 2.13 bits per heavy atom. The highest BCUT2D eigenvalue weighted by Crippen LogP contribution is 2.42. The second-order valence-electron chi connectivity index (χ2n) is 6.16. The molecule has 2 aliphatic rings. The molecule has 1 saturated heterocycles. The Balaban J connectivity index is 1.42. The third-order valence-electron chi connectivity index (χ3n) is 4.74. The van der Waals surface area contributed by atoms with Gasteiger partial charge in [-0.15, -0.1) is 11.8 Å². The molecule has 4 nitrogen and oxygen atoms in total. The van der Waals surface area contributed by atoms with Crippen LogP contribution in [0.1, 0.15) is 35.7 Å². The number of rotatable bonds is 4. The van der Waals surface area contributed by atoms with Crippen LogP contribution in [0.4, 0.5) is 0 Å². The number of thioether (sulfide) groups is 1. The molecule has 0 aliphatic carbocycles. The highest BCUT2D eigenvalue weighted by molar-refractivity contribution is 7.99. The number of nitrogens with zero attached hydrogens (tertiary/aromatic N) is 3. The van der Waals surface area contributed by atoms with Gasteiger partial charge in [-0.2, -0.15) is 0 Å². The first-order chi connectivity index (χ1) is 11.3. The van der Waals surface area contributed by atoms with Crippen LogP contribution in [-0.2, 0) is 17.0 Å². The standard InChI is InChI=1S/C18H19N3OS/c22-18(11-23-10-13-4-2-1-3-5-13)21-14-6-7-17(21)15-9-19-12-20-16(15)8-14/h1-5,9,12,14,17H,6-8,10-11H2/t14-,17-/m0/s1. The van der Waals surface area contributed by atoms with Crippen molar-refractivity contribution >= 4 is 17.7 Å². The van der Waals surface area contributed by atoms with Crippen LogP contribution in [0.3, 0.4) is 0 Å². The summed E-state index contributed by atoms with van der Waals surface area (Å²) in [7, 11) is 0. The van der Waals surface area contributed by atoms with Gasteiger partial charge in [-0.1, -0.05) is 30.3 Å². The molecule has 0 unspecified atom stereocenters. The van der Waals surface area contributed by atoms with Gasteiger partial charge in [0, 0.05) is 30.0 Å². The minimum atomic E-state index is 0.190. The van der Waals surface area contributed by atoms with E-state index in [1.807, 2.05) is 24.4 Å². The molecule has 1 aromatic heterocycles. The highest BCUT2D eigenvalue weighted by Gasteiger charge is 2.42. The molecule has 118 valence electrons. The molecule has 0 N–H and O–H groups in total. The zero-order chi connectivity index (χ0) is 15.6. The van der Waals surface area contributed by atoms with Gasteiger partial charge in [0.1, 0.15) is 6.33 Å². The van der Waals surface area contributed by atoms with E-state index in [1.54, 1.807) is 18.1 Å². The molecule has 23 heavy (non-hydrogen) atoms. The molecule has 0 saturated carbocycles. The van der Waals surface area contributed by atoms with Crippen LogP contribution in [0.5, 0.6) is 0 Å². The first-order valence-electron chi connectivity index (χ1n) is 8.04. The molecule has 2 aromatic rings. The van der Waals surface area contributed by atoms with Gasteiger partial charge >= 0.3 is 0 Å². The summed E-state index contributed by atoms with van der Waals surface area (Å²) >= 11 is 1.70. The van der Waals surface area contributed by atoms with Gasteiger partial charge in [0.2, 0.25) is 5.91 Å². The fourth-order valence-corrected chi connectivity index (χ4v) is 4.56. The largest absolute Gasteiger partial charge is 0.331 e. The van der Waals surface area contributed by atoms with Gasteiger partial charge in [-0.3, -0.25) is 4.79 Å². The van der Waals surface area contributed by atoms with E-state index in [0.717, 1.165) is 36.3 Å². The number of carbonyl (C=O) groups excluding carboxylic acids is 1. The fourth-order valence-electron chi connectivity index (χ4n) is 3.71. The maximum atomic E-state index is 12.7. The highest BCUT2D eigenvalue weighted by atomic mass is 32.2. The van der Waals surface area contributed by atoms with Crippen molar-refractivity contribution < 1.29 is 4.79 Å². The Morgan fingerprint density at radius 1 is 1.26 bits per heavy atom. The topological polar surface area (TPSA) is 46.1 Å². The summed E-state index contributed by atoms with van der Waals surface area (Å²) in [6.07, 6.45) is 6.51. The molecule has 5 heteroatoms. The van der Waals surface area contributed by atoms with Crippen LogP contribution in [0, 0.1) is 0 Å². The van der Waals surface area contributed by atoms with Crippen LogP contribution < -0.4 is 0 Å². The van der Waals surface area contributed by atoms with Crippen molar-refractivity contribution in [2.45, 2.75) is 37.1 Å². The number of hydrogen-bond donors (Lipinski definition) is 0. The molecule has 3 heterocycles. The Labute approximate surface area is 140 Å². The third-order valence-corrected chi connectivity index (χ3v) is 5.73. The first kappa shape index (κ1) is 14.7. The van der Waals surface area contributed by atoms with Crippen molar-refractivity contribution in [1.29, 1.82) is 0 Å². The maximum absolute atomic E-state index is 12.7. The average molecular weight is 325 g/mol. The van der Waals surface area contributed by atoms with Gasteiger partial charge in [0.05, 0.1) is 17.5 Å². The Kier molecular flexibility index (Phi) is 4.04. The van der Waals surface area contributed by atoms with Crippen molar-refractivity contribution in [1.82, 2.24) is 14.9 Å². The van der Waals surface area contributed by atoms with Crippen molar-refractivity contribution in [3.05, 3.63) is 59.7 Å². The van der Waals surface area contributed by atoms with E-state index < -0.39 is 0 Å². The van der Waals surface area contributed by atoms with E-state index in [0.29, 0.717) is 11.8 Å². The lowest BCUT2D eigenvalue weighted by Crippen LogP contribution is -2.43. The monoisotopic (exact) mass is 325 g/mol. The van der Waals surface area contributed by atoms with Gasteiger partial charge < -0.3 is 4.90 Å². The van der Waals surface area contributed by atoms with E-state index in [4.69, 9.17) is 0 Å². The summed E-state index contributed by atoms with van der Waals surface area (Å²) in [5, 5.41) is 0. The van der Waals surface area contributed by atoms with Gasteiger partial charge in [0.25, 0.3) is 0 Å². The predicted molar refractivity (Wildman–Crippen MR) is 90.9 cm³/mol. The number of benzene rings is 1. The van der Waals surface area contributed by atoms with E-state index in [-0.39, 0.29) is 11.9 Å². The molecule has 1 aromatic carbocycles. The third kappa shape index (κ3) is 2.85. The normalized spacial score (nSPS) is 22.0. The Bertz CT molecular complexity index is 706. The molecule has 0 radical (unpaired) electrons. The number of fused-ring (bicyclic) bond motifs is 4. The zero-order valence-corrected chi connectivity index (χ0v) is 13.7. The van der Waals surface area contributed by atoms with Crippen molar-refractivity contribution in [3.8, 4) is 0 Å². The van der Waals surface area contributed by atoms with Crippen LogP contribution >= 0.6 is 11.8 Å². The first-order valence-corrected chi connectivity index (χ1v) is 9.20. The van der Waals surface area contributed by atoms with E-state index in [9.17, 15) is 4.79 Å². The summed E-state index contributed by atoms with van der Waals surface area (Å²) in [5.41, 5.74) is 3.56. The summed E-state index contributed by atoms with van der Waals surface area (Å²) in [5.74, 6) is 1.69. The van der Waals surface area contributed by atoms with Crippen molar-refractivity contribution in [3.63, 3.8) is 0 Å². The second kappa shape index (κ2) is 6.32. The van der Waals surface area contributed by atoms with Gasteiger partial charge in [-0.05, 0) is 18.4 Å². The molecule has 1 amide bonds. The summed E-state index contributed by atoms with van der Waals surface area (Å²) in [6.45, 7) is 0. The zero-order valence-electron chi connectivity index (χ0n) is 12.9. The lowest BCUT2D eigenvalue weighted by molar-refractivity contribution is -0.131. The minimum absolute atomic E-state index is 0.190. The second-order valence-corrected chi connectivity index (χ2v) is 7.14. The fraction of sp³-hybridized carbons (Fsp3) is 0.389. The summed E-state index contributed by atoms with van der Waals surface area (Å²) < 4.78 is 0. The van der Waals surface area contributed by atoms with Gasteiger partial charge in [-0.25, -0.2) is 9.97 Å². The number of hydrogen-bond acceptors (Lipinski definition) is 4. The smallest absolute Gasteiger partial charge is 0.233 e. The van der Waals surface area contributed by atoms with Crippen LogP contribution in [0.25, 0.3) is 0 Å². The predicted octanol–water partition coefficient (Wildman–Crippen LogP) is 3.00. The van der Waals surface area contributed by atoms with Gasteiger partial charge in [0.15, 0.2) is 0 Å². The van der Waals surface area contributed by atoms with E-state index in [2.05, 4.69) is 27.0 Å². The quantitative estimate of drug-likeness (QED) is 0.867. The average Bonchev–Trinajstić information content (AvgIpc) is 2.91. The minimum Gasteiger partial charge on any atom is -0.331 e. The number of carbonyl (C=O) groups is 1. The maximum Gasteiger partial charge on any atom is 0.233 e. The molecule has 2 atom stereocenters. The number of amides is 1. The molecule has 4 rings (SSSR count). The molecular formula is C18H19N3OS. The number of aromatic nitrogens is 2. The lowest BCUT2D eigenvalue weighted by atomic mass is 9.99. The SMILES string of the molecule is O=C(CSCc1ccccc1)N1[C@H]2CC[C@H]1c1cncnc1C2. The molecule has 1 fully saturated rings. The van der Waals surface area contributed by atoms with Crippen LogP contribution in [0.15, 0.2) is 42.9 Å². The molecule has 0 spiro atoms. The lowest BCUT2D eigenvalue weighted by Gasteiger charge is -2.35. The molecule has 2 aliphatic heterocycles.